The molecule has 5 heteroatoms. The predicted octanol–water partition coefficient (Wildman–Crippen LogP) is 3.11. The van der Waals surface area contributed by atoms with E-state index in [4.69, 9.17) is 9.15 Å². The minimum Gasteiger partial charge on any atom is -0.507 e. The van der Waals surface area contributed by atoms with E-state index in [-0.39, 0.29) is 5.76 Å². The van der Waals surface area contributed by atoms with Crippen LogP contribution in [0.4, 0.5) is 0 Å². The molecule has 1 aromatic heterocycles. The highest BCUT2D eigenvalue weighted by Gasteiger charge is 2.16. The lowest BCUT2D eigenvalue weighted by molar-refractivity contribution is 0.104. The van der Waals surface area contributed by atoms with Crippen molar-refractivity contribution in [1.82, 2.24) is 0 Å². The van der Waals surface area contributed by atoms with E-state index in [1.807, 2.05) is 0 Å². The fourth-order valence-corrected chi connectivity index (χ4v) is 1.97. The van der Waals surface area contributed by atoms with E-state index in [0.717, 1.165) is 0 Å². The van der Waals surface area contributed by atoms with Crippen LogP contribution in [0, 0.1) is 6.92 Å². The largest absolute Gasteiger partial charge is 0.507 e. The Hall–Kier alpha value is -3.08. The van der Waals surface area contributed by atoms with E-state index in [1.54, 1.807) is 30.3 Å². The van der Waals surface area contributed by atoms with Crippen LogP contribution in [-0.4, -0.2) is 17.5 Å². The first-order valence-electron chi connectivity index (χ1n) is 6.91. The summed E-state index contributed by atoms with van der Waals surface area (Å²) in [5.74, 6) is -0.229. The summed E-state index contributed by atoms with van der Waals surface area (Å²) in [6, 6.07) is 8.34. The van der Waals surface area contributed by atoms with Crippen molar-refractivity contribution < 1.29 is 19.1 Å². The van der Waals surface area contributed by atoms with Gasteiger partial charge in [-0.1, -0.05) is 30.9 Å². The van der Waals surface area contributed by atoms with E-state index in [1.165, 1.54) is 25.1 Å². The number of ketones is 1. The van der Waals surface area contributed by atoms with Crippen molar-refractivity contribution in [3.05, 3.63) is 76.4 Å². The van der Waals surface area contributed by atoms with Crippen LogP contribution in [0.5, 0.6) is 11.5 Å². The zero-order chi connectivity index (χ0) is 16.8. The SMILES string of the molecule is C=CCOc1ccccc1/C=C/C(=O)c1c(O)cc(C)oc1=O. The number of hydrogen-bond acceptors (Lipinski definition) is 5. The molecule has 0 spiro atoms. The fraction of sp³-hybridized carbons (Fsp3) is 0.111. The molecule has 0 atom stereocenters. The third-order valence-electron chi connectivity index (χ3n) is 2.99. The van der Waals surface area contributed by atoms with E-state index in [0.29, 0.717) is 17.9 Å². The van der Waals surface area contributed by atoms with Crippen molar-refractivity contribution in [1.29, 1.82) is 0 Å². The van der Waals surface area contributed by atoms with Crippen molar-refractivity contribution >= 4 is 11.9 Å². The first-order valence-corrected chi connectivity index (χ1v) is 6.91. The lowest BCUT2D eigenvalue weighted by atomic mass is 10.1. The number of allylic oxidation sites excluding steroid dienone is 1. The zero-order valence-corrected chi connectivity index (χ0v) is 12.6. The van der Waals surface area contributed by atoms with Crippen LogP contribution >= 0.6 is 0 Å². The van der Waals surface area contributed by atoms with Crippen molar-refractivity contribution in [3.63, 3.8) is 0 Å². The average Bonchev–Trinajstić information content (AvgIpc) is 2.50. The minimum atomic E-state index is -0.867. The van der Waals surface area contributed by atoms with Crippen LogP contribution < -0.4 is 10.4 Å². The Morgan fingerprint density at radius 1 is 1.39 bits per heavy atom. The highest BCUT2D eigenvalue weighted by Crippen LogP contribution is 2.21. The van der Waals surface area contributed by atoms with Crippen molar-refractivity contribution in [2.75, 3.05) is 6.61 Å². The standard InChI is InChI=1S/C18H16O5/c1-3-10-22-16-7-5-4-6-13(16)8-9-14(19)17-15(20)11-12(2)23-18(17)21/h3-9,11,20H,1,10H2,2H3/b9-8+. The molecule has 0 bridgehead atoms. The quantitative estimate of drug-likeness (QED) is 0.504. The number of aromatic hydroxyl groups is 1. The van der Waals surface area contributed by atoms with Gasteiger partial charge < -0.3 is 14.3 Å². The van der Waals surface area contributed by atoms with Gasteiger partial charge in [0.25, 0.3) is 0 Å². The van der Waals surface area contributed by atoms with Crippen molar-refractivity contribution in [2.45, 2.75) is 6.92 Å². The summed E-state index contributed by atoms with van der Waals surface area (Å²) >= 11 is 0. The Balaban J connectivity index is 2.29. The van der Waals surface area contributed by atoms with Crippen LogP contribution in [-0.2, 0) is 0 Å². The van der Waals surface area contributed by atoms with Crippen molar-refractivity contribution in [3.8, 4) is 11.5 Å². The topological polar surface area (TPSA) is 76.7 Å². The molecule has 0 fully saturated rings. The van der Waals surface area contributed by atoms with E-state index >= 15 is 0 Å². The van der Waals surface area contributed by atoms with Crippen LogP contribution in [0.25, 0.3) is 6.08 Å². The van der Waals surface area contributed by atoms with Crippen LogP contribution in [0.15, 0.2) is 58.3 Å². The average molecular weight is 312 g/mol. The maximum Gasteiger partial charge on any atom is 0.351 e. The molecule has 0 unspecified atom stereocenters. The fourth-order valence-electron chi connectivity index (χ4n) is 1.97. The molecule has 0 amide bonds. The summed E-state index contributed by atoms with van der Waals surface area (Å²) in [7, 11) is 0. The number of benzene rings is 1. The second-order valence-corrected chi connectivity index (χ2v) is 4.74. The molecule has 2 aromatic rings. The van der Waals surface area contributed by atoms with Gasteiger partial charge in [-0.15, -0.1) is 0 Å². The van der Waals surface area contributed by atoms with Crippen molar-refractivity contribution in [2.24, 2.45) is 0 Å². The molecule has 0 radical (unpaired) electrons. The third kappa shape index (κ3) is 3.97. The van der Waals surface area contributed by atoms with Gasteiger partial charge in [-0.2, -0.15) is 0 Å². The molecule has 0 saturated carbocycles. The zero-order valence-electron chi connectivity index (χ0n) is 12.6. The summed E-state index contributed by atoms with van der Waals surface area (Å²) in [6.07, 6.45) is 4.32. The summed E-state index contributed by atoms with van der Waals surface area (Å²) in [5.41, 5.74) is -0.594. The molecular weight excluding hydrogens is 296 g/mol. The Bertz CT molecular complexity index is 814. The van der Waals surface area contributed by atoms with Gasteiger partial charge in [0.2, 0.25) is 0 Å². The number of para-hydroxylation sites is 1. The number of rotatable bonds is 6. The number of hydrogen-bond donors (Lipinski definition) is 1. The first-order chi connectivity index (χ1) is 11.0. The normalized spacial score (nSPS) is 10.7. The van der Waals surface area contributed by atoms with Gasteiger partial charge in [0.05, 0.1) is 0 Å². The Morgan fingerprint density at radius 2 is 2.13 bits per heavy atom. The highest BCUT2D eigenvalue weighted by atomic mass is 16.5. The second kappa shape index (κ2) is 7.26. The van der Waals surface area contributed by atoms with Gasteiger partial charge >= 0.3 is 5.63 Å². The predicted molar refractivity (Wildman–Crippen MR) is 86.9 cm³/mol. The lowest BCUT2D eigenvalue weighted by Crippen LogP contribution is -2.13. The number of ether oxygens (including phenoxy) is 1. The van der Waals surface area contributed by atoms with E-state index in [2.05, 4.69) is 6.58 Å². The summed E-state index contributed by atoms with van der Waals surface area (Å²) < 4.78 is 10.3. The minimum absolute atomic E-state index is 0.233. The molecular formula is C18H16O5. The molecule has 1 aromatic carbocycles. The number of carbonyl (C=O) groups is 1. The number of aryl methyl sites for hydroxylation is 1. The van der Waals surface area contributed by atoms with Gasteiger partial charge in [-0.3, -0.25) is 4.79 Å². The maximum absolute atomic E-state index is 12.1. The van der Waals surface area contributed by atoms with Gasteiger partial charge in [0.1, 0.15) is 29.4 Å². The summed E-state index contributed by atoms with van der Waals surface area (Å²) in [4.78, 5) is 23.8. The molecule has 0 saturated heterocycles. The molecule has 118 valence electrons. The molecule has 0 aliphatic carbocycles. The molecule has 5 nitrogen and oxygen atoms in total. The van der Waals surface area contributed by atoms with Gasteiger partial charge in [0, 0.05) is 11.6 Å². The Labute approximate surface area is 133 Å². The third-order valence-corrected chi connectivity index (χ3v) is 2.99. The number of carbonyl (C=O) groups excluding carboxylic acids is 1. The Kier molecular flexibility index (Phi) is 5.15. The van der Waals surface area contributed by atoms with Gasteiger partial charge in [0.15, 0.2) is 5.78 Å². The molecule has 23 heavy (non-hydrogen) atoms. The van der Waals surface area contributed by atoms with E-state index in [9.17, 15) is 14.7 Å². The molecule has 1 N–H and O–H groups in total. The monoisotopic (exact) mass is 312 g/mol. The van der Waals surface area contributed by atoms with Crippen LogP contribution in [0.3, 0.4) is 0 Å². The van der Waals surface area contributed by atoms with Gasteiger partial charge in [-0.05, 0) is 25.1 Å². The smallest absolute Gasteiger partial charge is 0.351 e. The lowest BCUT2D eigenvalue weighted by Gasteiger charge is -2.06. The van der Waals surface area contributed by atoms with Crippen LogP contribution in [0.2, 0.25) is 0 Å². The highest BCUT2D eigenvalue weighted by molar-refractivity contribution is 6.08. The molecule has 0 aliphatic heterocycles. The Morgan fingerprint density at radius 3 is 2.83 bits per heavy atom. The van der Waals surface area contributed by atoms with Gasteiger partial charge in [-0.25, -0.2) is 4.79 Å². The van der Waals surface area contributed by atoms with Crippen LogP contribution in [0.1, 0.15) is 21.7 Å². The molecule has 2 rings (SSSR count). The first kappa shape index (κ1) is 16.3. The second-order valence-electron chi connectivity index (χ2n) is 4.74. The van der Waals surface area contributed by atoms with E-state index < -0.39 is 22.7 Å². The molecule has 1 heterocycles. The summed E-state index contributed by atoms with van der Waals surface area (Å²) in [5, 5.41) is 9.76. The maximum atomic E-state index is 12.1. The molecule has 0 aliphatic rings. The summed E-state index contributed by atoms with van der Waals surface area (Å²) in [6.45, 7) is 5.42.